The monoisotopic (exact) mass is 225 g/mol. The number of fused-ring (bicyclic) bond motifs is 1. The highest BCUT2D eigenvalue weighted by Crippen LogP contribution is 2.27. The largest absolute Gasteiger partial charge is 0.298 e. The van der Waals surface area contributed by atoms with E-state index < -0.39 is 0 Å². The summed E-state index contributed by atoms with van der Waals surface area (Å²) in [5.41, 5.74) is 1.61. The summed E-state index contributed by atoms with van der Waals surface area (Å²) in [5, 5.41) is 11.1. The van der Waals surface area contributed by atoms with Gasteiger partial charge in [-0.2, -0.15) is 9.64 Å². The molecule has 16 heavy (non-hydrogen) atoms. The van der Waals surface area contributed by atoms with E-state index in [-0.39, 0.29) is 0 Å². The van der Waals surface area contributed by atoms with Crippen molar-refractivity contribution in [3.05, 3.63) is 48.3 Å². The summed E-state index contributed by atoms with van der Waals surface area (Å²) in [6.45, 7) is 0. The van der Waals surface area contributed by atoms with Crippen LogP contribution in [0.15, 0.2) is 42.6 Å². The predicted octanol–water partition coefficient (Wildman–Crippen LogP) is 2.96. The van der Waals surface area contributed by atoms with Gasteiger partial charge < -0.3 is 0 Å². The molecule has 3 aromatic rings. The van der Waals surface area contributed by atoms with Crippen LogP contribution in [-0.2, 0) is 0 Å². The molecule has 0 atom stereocenters. The maximum Gasteiger partial charge on any atom is 0.129 e. The number of rotatable bonds is 1. The average molecular weight is 225 g/mol. The van der Waals surface area contributed by atoms with E-state index in [0.29, 0.717) is 5.69 Å². The number of nitriles is 1. The van der Waals surface area contributed by atoms with E-state index >= 15 is 0 Å². The van der Waals surface area contributed by atoms with Gasteiger partial charge in [0.1, 0.15) is 16.8 Å². The summed E-state index contributed by atoms with van der Waals surface area (Å²) < 4.78 is 6.24. The molecule has 0 aliphatic carbocycles. The molecule has 76 valence electrons. The molecule has 0 fully saturated rings. The van der Waals surface area contributed by atoms with Gasteiger partial charge in [-0.15, -0.1) is 0 Å². The topological polar surface area (TPSA) is 41.6 Å². The zero-order valence-electron chi connectivity index (χ0n) is 8.29. The Balaban J connectivity index is 2.31. The van der Waals surface area contributed by atoms with Crippen molar-refractivity contribution < 1.29 is 0 Å². The molecule has 0 radical (unpaired) electrons. The molecule has 0 aliphatic heterocycles. The van der Waals surface area contributed by atoms with Crippen LogP contribution in [-0.4, -0.2) is 8.94 Å². The van der Waals surface area contributed by atoms with Crippen molar-refractivity contribution in [1.82, 2.24) is 8.94 Å². The fourth-order valence-electron chi connectivity index (χ4n) is 1.70. The molecule has 3 rings (SSSR count). The lowest BCUT2D eigenvalue weighted by Crippen LogP contribution is -1.92. The molecule has 0 N–H and O–H groups in total. The smallest absolute Gasteiger partial charge is 0.129 e. The summed E-state index contributed by atoms with van der Waals surface area (Å²) >= 11 is 1.41. The Labute approximate surface area is 96.3 Å². The summed E-state index contributed by atoms with van der Waals surface area (Å²) in [6, 6.07) is 13.8. The lowest BCUT2D eigenvalue weighted by atomic mass is 10.2. The quantitative estimate of drug-likeness (QED) is 0.639. The summed E-state index contributed by atoms with van der Waals surface area (Å²) in [6.07, 6.45) is 1.89. The van der Waals surface area contributed by atoms with Gasteiger partial charge >= 0.3 is 0 Å². The van der Waals surface area contributed by atoms with E-state index in [4.69, 9.17) is 5.26 Å². The van der Waals surface area contributed by atoms with Gasteiger partial charge in [-0.1, -0.05) is 12.1 Å². The van der Waals surface area contributed by atoms with E-state index in [1.54, 1.807) is 6.07 Å². The Hall–Kier alpha value is -2.12. The van der Waals surface area contributed by atoms with Crippen molar-refractivity contribution in [2.24, 2.45) is 0 Å². The average Bonchev–Trinajstić information content (AvgIpc) is 2.94. The van der Waals surface area contributed by atoms with Crippen LogP contribution < -0.4 is 0 Å². The highest BCUT2D eigenvalue weighted by molar-refractivity contribution is 7.10. The molecular weight excluding hydrogens is 218 g/mol. The van der Waals surface area contributed by atoms with Crippen LogP contribution in [0.1, 0.15) is 5.69 Å². The Kier molecular flexibility index (Phi) is 1.98. The summed E-state index contributed by atoms with van der Waals surface area (Å²) in [7, 11) is 0. The first-order chi connectivity index (χ1) is 7.90. The fraction of sp³-hybridized carbons (Fsp3) is 0. The van der Waals surface area contributed by atoms with Gasteiger partial charge in [-0.3, -0.25) is 4.57 Å². The second-order valence-electron chi connectivity index (χ2n) is 3.38. The van der Waals surface area contributed by atoms with Crippen LogP contribution in [0, 0.1) is 11.3 Å². The van der Waals surface area contributed by atoms with Crippen molar-refractivity contribution in [2.45, 2.75) is 0 Å². The minimum atomic E-state index is 0.634. The number of hydrogen-bond donors (Lipinski definition) is 0. The Morgan fingerprint density at radius 3 is 2.94 bits per heavy atom. The van der Waals surface area contributed by atoms with Crippen molar-refractivity contribution in [3.8, 4) is 11.1 Å². The lowest BCUT2D eigenvalue weighted by molar-refractivity contribution is 1.09. The second-order valence-corrected chi connectivity index (χ2v) is 4.13. The SMILES string of the molecule is N#Cc1cccn1-c1snc2ccccc12. The molecule has 0 spiro atoms. The van der Waals surface area contributed by atoms with Crippen LogP contribution in [0.3, 0.4) is 0 Å². The van der Waals surface area contributed by atoms with E-state index in [2.05, 4.69) is 10.4 Å². The number of aromatic nitrogens is 2. The minimum absolute atomic E-state index is 0.634. The maximum atomic E-state index is 8.99. The molecule has 0 amide bonds. The molecule has 1 aromatic carbocycles. The Morgan fingerprint density at radius 1 is 1.19 bits per heavy atom. The molecule has 3 nitrogen and oxygen atoms in total. The molecule has 4 heteroatoms. The van der Waals surface area contributed by atoms with Crippen LogP contribution in [0.5, 0.6) is 0 Å². The van der Waals surface area contributed by atoms with Gasteiger partial charge in [0.05, 0.1) is 5.52 Å². The van der Waals surface area contributed by atoms with Gasteiger partial charge in [0.15, 0.2) is 0 Å². The van der Waals surface area contributed by atoms with Gasteiger partial charge in [0.25, 0.3) is 0 Å². The third kappa shape index (κ3) is 1.23. The Bertz CT molecular complexity index is 687. The normalized spacial score (nSPS) is 10.4. The van der Waals surface area contributed by atoms with Crippen LogP contribution >= 0.6 is 11.5 Å². The number of benzene rings is 1. The van der Waals surface area contributed by atoms with Crippen LogP contribution in [0.2, 0.25) is 0 Å². The molecule has 0 saturated carbocycles. The zero-order valence-corrected chi connectivity index (χ0v) is 9.11. The van der Waals surface area contributed by atoms with E-state index in [9.17, 15) is 0 Å². The van der Waals surface area contributed by atoms with Gasteiger partial charge in [-0.05, 0) is 35.8 Å². The highest BCUT2D eigenvalue weighted by atomic mass is 32.1. The molecule has 0 unspecified atom stereocenters. The molecule has 0 saturated heterocycles. The molecule has 0 bridgehead atoms. The maximum absolute atomic E-state index is 8.99. The lowest BCUT2D eigenvalue weighted by Gasteiger charge is -2.00. The van der Waals surface area contributed by atoms with Crippen LogP contribution in [0.4, 0.5) is 0 Å². The van der Waals surface area contributed by atoms with Gasteiger partial charge in [-0.25, -0.2) is 0 Å². The van der Waals surface area contributed by atoms with E-state index in [1.165, 1.54) is 11.5 Å². The third-order valence-corrected chi connectivity index (χ3v) is 3.32. The first-order valence-corrected chi connectivity index (χ1v) is 5.60. The first-order valence-electron chi connectivity index (χ1n) is 4.82. The second kappa shape index (κ2) is 3.47. The number of hydrogen-bond acceptors (Lipinski definition) is 3. The predicted molar refractivity (Wildman–Crippen MR) is 63.7 cm³/mol. The van der Waals surface area contributed by atoms with Gasteiger partial charge in [0.2, 0.25) is 0 Å². The molecule has 0 aliphatic rings. The van der Waals surface area contributed by atoms with E-state index in [1.807, 2.05) is 41.1 Å². The van der Waals surface area contributed by atoms with Crippen molar-refractivity contribution in [2.75, 3.05) is 0 Å². The van der Waals surface area contributed by atoms with Crippen molar-refractivity contribution >= 4 is 22.4 Å². The van der Waals surface area contributed by atoms with Crippen molar-refractivity contribution in [1.29, 1.82) is 5.26 Å². The third-order valence-electron chi connectivity index (χ3n) is 2.45. The molecular formula is C12H7N3S. The standard InChI is InChI=1S/C12H7N3S/c13-8-9-4-3-7-15(9)12-10-5-1-2-6-11(10)14-16-12/h1-7H. The van der Waals surface area contributed by atoms with Crippen LogP contribution in [0.25, 0.3) is 15.9 Å². The van der Waals surface area contributed by atoms with Gasteiger partial charge in [0, 0.05) is 11.6 Å². The Morgan fingerprint density at radius 2 is 2.06 bits per heavy atom. The highest BCUT2D eigenvalue weighted by Gasteiger charge is 2.09. The summed E-state index contributed by atoms with van der Waals surface area (Å²) in [5.74, 6) is 0. The zero-order chi connectivity index (χ0) is 11.0. The fourth-order valence-corrected chi connectivity index (χ4v) is 2.56. The number of nitrogens with zero attached hydrogens (tertiary/aromatic N) is 3. The molecule has 2 aromatic heterocycles. The minimum Gasteiger partial charge on any atom is -0.298 e. The van der Waals surface area contributed by atoms with Crippen molar-refractivity contribution in [3.63, 3.8) is 0 Å². The molecule has 2 heterocycles. The first kappa shape index (κ1) is 9.13. The van der Waals surface area contributed by atoms with E-state index in [0.717, 1.165) is 15.9 Å². The summed E-state index contributed by atoms with van der Waals surface area (Å²) in [4.78, 5) is 0.